The van der Waals surface area contributed by atoms with Gasteiger partial charge in [-0.3, -0.25) is 9.79 Å². The summed E-state index contributed by atoms with van der Waals surface area (Å²) in [6.45, 7) is 1.80. The van der Waals surface area contributed by atoms with Crippen molar-refractivity contribution in [1.29, 1.82) is 0 Å². The highest BCUT2D eigenvalue weighted by Crippen LogP contribution is 2.27. The van der Waals surface area contributed by atoms with Gasteiger partial charge < -0.3 is 9.15 Å². The average Bonchev–Trinajstić information content (AvgIpc) is 2.79. The van der Waals surface area contributed by atoms with E-state index < -0.39 is 0 Å². The minimum atomic E-state index is -0.383. The summed E-state index contributed by atoms with van der Waals surface area (Å²) in [5, 5.41) is 0.693. The Bertz CT molecular complexity index is 522. The quantitative estimate of drug-likeness (QED) is 0.802. The maximum Gasteiger partial charge on any atom is 0.303 e. The number of halogens is 2. The van der Waals surface area contributed by atoms with E-state index in [0.717, 1.165) is 0 Å². The molecule has 0 spiro atoms. The lowest BCUT2D eigenvalue weighted by molar-refractivity contribution is -0.142. The zero-order valence-electron chi connectivity index (χ0n) is 9.52. The standard InChI is InChI=1S/C11H10Cl2N2O3/c1-6(16)17-5-10-14-4-9(18-10)7-2-8(12)11(13)15-3-7/h2,4,7H,3,5H2,1H3. The summed E-state index contributed by atoms with van der Waals surface area (Å²) in [5.41, 5.74) is 0. The number of nitrogens with zero attached hydrogens (tertiary/aromatic N) is 2. The van der Waals surface area contributed by atoms with Gasteiger partial charge in [0.2, 0.25) is 5.89 Å². The zero-order chi connectivity index (χ0) is 13.1. The number of esters is 1. The summed E-state index contributed by atoms with van der Waals surface area (Å²) in [4.78, 5) is 18.7. The highest BCUT2D eigenvalue weighted by molar-refractivity contribution is 6.76. The van der Waals surface area contributed by atoms with Gasteiger partial charge in [0.1, 0.15) is 10.9 Å². The molecule has 1 aliphatic heterocycles. The number of hydrogen-bond donors (Lipinski definition) is 0. The van der Waals surface area contributed by atoms with E-state index in [4.69, 9.17) is 32.4 Å². The summed E-state index contributed by atoms with van der Waals surface area (Å²) in [7, 11) is 0. The Morgan fingerprint density at radius 3 is 3.06 bits per heavy atom. The molecule has 0 saturated heterocycles. The van der Waals surface area contributed by atoms with E-state index in [1.807, 2.05) is 0 Å². The first-order chi connectivity index (χ1) is 8.56. The van der Waals surface area contributed by atoms with Crippen molar-refractivity contribution in [3.8, 4) is 0 Å². The van der Waals surface area contributed by atoms with Crippen molar-refractivity contribution < 1.29 is 13.9 Å². The van der Waals surface area contributed by atoms with Crippen molar-refractivity contribution in [3.05, 3.63) is 29.0 Å². The minimum Gasteiger partial charge on any atom is -0.456 e. The molecule has 0 amide bonds. The number of rotatable bonds is 3. The number of ether oxygens (including phenoxy) is 1. The molecule has 0 N–H and O–H groups in total. The first-order valence-corrected chi connectivity index (χ1v) is 5.97. The van der Waals surface area contributed by atoms with Gasteiger partial charge in [-0.1, -0.05) is 29.3 Å². The highest BCUT2D eigenvalue weighted by atomic mass is 35.5. The molecular weight excluding hydrogens is 279 g/mol. The third-order valence-electron chi connectivity index (χ3n) is 2.31. The second kappa shape index (κ2) is 5.54. The largest absolute Gasteiger partial charge is 0.456 e. The summed E-state index contributed by atoms with van der Waals surface area (Å²) < 4.78 is 10.2. The molecule has 2 heterocycles. The van der Waals surface area contributed by atoms with Crippen LogP contribution in [0.4, 0.5) is 0 Å². The van der Waals surface area contributed by atoms with Crippen LogP contribution in [0.2, 0.25) is 0 Å². The third kappa shape index (κ3) is 3.11. The van der Waals surface area contributed by atoms with Gasteiger partial charge in [0.05, 0.1) is 23.7 Å². The van der Waals surface area contributed by atoms with Gasteiger partial charge in [0, 0.05) is 6.92 Å². The number of allylic oxidation sites excluding steroid dienone is 1. The number of aliphatic imine (C=N–C) groups is 1. The van der Waals surface area contributed by atoms with E-state index in [1.165, 1.54) is 6.92 Å². The van der Waals surface area contributed by atoms with Crippen LogP contribution in [0.25, 0.3) is 0 Å². The van der Waals surface area contributed by atoms with Crippen LogP contribution in [0.3, 0.4) is 0 Å². The van der Waals surface area contributed by atoms with Crippen molar-refractivity contribution in [3.63, 3.8) is 0 Å². The third-order valence-corrected chi connectivity index (χ3v) is 3.03. The Labute approximate surface area is 113 Å². The number of carbonyl (C=O) groups is 1. The molecule has 1 aromatic rings. The molecule has 96 valence electrons. The summed E-state index contributed by atoms with van der Waals surface area (Å²) in [6, 6.07) is 0. The van der Waals surface area contributed by atoms with Crippen LogP contribution in [0.5, 0.6) is 0 Å². The van der Waals surface area contributed by atoms with Crippen molar-refractivity contribution >= 4 is 34.3 Å². The number of oxazole rings is 1. The van der Waals surface area contributed by atoms with Crippen molar-refractivity contribution in [2.75, 3.05) is 6.54 Å². The molecule has 18 heavy (non-hydrogen) atoms. The molecule has 5 nitrogen and oxygen atoms in total. The topological polar surface area (TPSA) is 64.7 Å². The van der Waals surface area contributed by atoms with E-state index in [-0.39, 0.29) is 18.5 Å². The molecule has 0 radical (unpaired) electrons. The summed E-state index contributed by atoms with van der Waals surface area (Å²) in [6.07, 6.45) is 3.33. The molecule has 2 rings (SSSR count). The van der Waals surface area contributed by atoms with E-state index in [0.29, 0.717) is 28.4 Å². The van der Waals surface area contributed by atoms with Crippen LogP contribution in [0, 0.1) is 0 Å². The Kier molecular flexibility index (Phi) is 4.04. The van der Waals surface area contributed by atoms with Crippen LogP contribution in [0.1, 0.15) is 24.5 Å². The van der Waals surface area contributed by atoms with Gasteiger partial charge in [-0.2, -0.15) is 0 Å². The zero-order valence-corrected chi connectivity index (χ0v) is 11.0. The SMILES string of the molecule is CC(=O)OCc1ncc(C2C=C(Cl)C(Cl)=NC2)o1. The van der Waals surface area contributed by atoms with Crippen LogP contribution in [-0.2, 0) is 16.1 Å². The Balaban J connectivity index is 2.05. The smallest absolute Gasteiger partial charge is 0.303 e. The van der Waals surface area contributed by atoms with Gasteiger partial charge >= 0.3 is 5.97 Å². The predicted octanol–water partition coefficient (Wildman–Crippen LogP) is 2.59. The first-order valence-electron chi connectivity index (χ1n) is 5.22. The van der Waals surface area contributed by atoms with Gasteiger partial charge in [-0.15, -0.1) is 0 Å². The molecule has 0 aliphatic carbocycles. The summed E-state index contributed by atoms with van der Waals surface area (Å²) >= 11 is 11.6. The second-order valence-electron chi connectivity index (χ2n) is 3.69. The molecule has 1 atom stereocenters. The van der Waals surface area contributed by atoms with Crippen molar-refractivity contribution in [1.82, 2.24) is 4.98 Å². The minimum absolute atomic E-state index is 0.0174. The van der Waals surface area contributed by atoms with Crippen LogP contribution in [-0.4, -0.2) is 22.7 Å². The molecule has 1 aromatic heterocycles. The first kappa shape index (κ1) is 13.1. The number of hydrogen-bond acceptors (Lipinski definition) is 5. The van der Waals surface area contributed by atoms with Gasteiger partial charge in [-0.25, -0.2) is 4.98 Å². The van der Waals surface area contributed by atoms with Crippen LogP contribution < -0.4 is 0 Å². The summed E-state index contributed by atoms with van der Waals surface area (Å²) in [5.74, 6) is 0.471. The Hall–Kier alpha value is -1.33. The Morgan fingerprint density at radius 1 is 1.61 bits per heavy atom. The normalized spacial score (nSPS) is 19.2. The van der Waals surface area contributed by atoms with Gasteiger partial charge in [0.15, 0.2) is 6.61 Å². The molecule has 7 heteroatoms. The molecule has 0 saturated carbocycles. The number of carbonyl (C=O) groups excluding carboxylic acids is 1. The van der Waals surface area contributed by atoms with Gasteiger partial charge in [0.25, 0.3) is 0 Å². The molecule has 0 aromatic carbocycles. The van der Waals surface area contributed by atoms with E-state index in [2.05, 4.69) is 9.98 Å². The fourth-order valence-electron chi connectivity index (χ4n) is 1.45. The second-order valence-corrected chi connectivity index (χ2v) is 4.45. The predicted molar refractivity (Wildman–Crippen MR) is 66.8 cm³/mol. The molecule has 1 aliphatic rings. The average molecular weight is 289 g/mol. The lowest BCUT2D eigenvalue weighted by Gasteiger charge is -2.12. The van der Waals surface area contributed by atoms with E-state index in [1.54, 1.807) is 12.3 Å². The fourth-order valence-corrected chi connectivity index (χ4v) is 1.79. The molecule has 0 fully saturated rings. The lowest BCUT2D eigenvalue weighted by atomic mass is 10.1. The maximum atomic E-state index is 10.7. The van der Waals surface area contributed by atoms with E-state index in [9.17, 15) is 4.79 Å². The van der Waals surface area contributed by atoms with E-state index >= 15 is 0 Å². The maximum absolute atomic E-state index is 10.7. The van der Waals surface area contributed by atoms with Crippen LogP contribution in [0.15, 0.2) is 26.7 Å². The van der Waals surface area contributed by atoms with Crippen LogP contribution >= 0.6 is 23.2 Å². The van der Waals surface area contributed by atoms with Crippen molar-refractivity contribution in [2.45, 2.75) is 19.4 Å². The monoisotopic (exact) mass is 288 g/mol. The van der Waals surface area contributed by atoms with Gasteiger partial charge in [-0.05, 0) is 0 Å². The molecule has 0 bridgehead atoms. The highest BCUT2D eigenvalue weighted by Gasteiger charge is 2.20. The number of aromatic nitrogens is 1. The molecule has 1 unspecified atom stereocenters. The lowest BCUT2D eigenvalue weighted by Crippen LogP contribution is -2.07. The van der Waals surface area contributed by atoms with Crippen molar-refractivity contribution in [2.24, 2.45) is 4.99 Å². The molecular formula is C11H10Cl2N2O3. The fraction of sp³-hybridized carbons (Fsp3) is 0.364. The number of dihydropyridines is 1. The Morgan fingerprint density at radius 2 is 2.39 bits per heavy atom.